The van der Waals surface area contributed by atoms with E-state index in [1.165, 1.54) is 6.92 Å². The zero-order valence-corrected chi connectivity index (χ0v) is 18.8. The van der Waals surface area contributed by atoms with Gasteiger partial charge in [0.25, 0.3) is 0 Å². The van der Waals surface area contributed by atoms with Crippen molar-refractivity contribution < 1.29 is 19.1 Å². The SMILES string of the molecule is CC(=O)Nc1c(Br)cc(C2NC(=O)NC(C)=C2C(=O)OC(C)(C)C)cc1Br. The number of urea groups is 1. The summed E-state index contributed by atoms with van der Waals surface area (Å²) in [6.45, 7) is 8.40. The van der Waals surface area contributed by atoms with Gasteiger partial charge in [0, 0.05) is 21.6 Å². The van der Waals surface area contributed by atoms with E-state index in [1.807, 2.05) is 0 Å². The van der Waals surface area contributed by atoms with Gasteiger partial charge in [-0.25, -0.2) is 9.59 Å². The molecule has 0 aliphatic carbocycles. The molecule has 3 N–H and O–H groups in total. The van der Waals surface area contributed by atoms with E-state index in [0.29, 0.717) is 31.5 Å². The third-order valence-electron chi connectivity index (χ3n) is 3.59. The lowest BCUT2D eigenvalue weighted by Gasteiger charge is -2.30. The van der Waals surface area contributed by atoms with Gasteiger partial charge in [-0.05, 0) is 77.3 Å². The number of carbonyl (C=O) groups excluding carboxylic acids is 3. The normalized spacial score (nSPS) is 17.1. The highest BCUT2D eigenvalue weighted by atomic mass is 79.9. The zero-order valence-electron chi connectivity index (χ0n) is 15.6. The lowest BCUT2D eigenvalue weighted by Crippen LogP contribution is -2.46. The van der Waals surface area contributed by atoms with Gasteiger partial charge < -0.3 is 20.7 Å². The lowest BCUT2D eigenvalue weighted by atomic mass is 9.95. The van der Waals surface area contributed by atoms with Crippen molar-refractivity contribution in [3.05, 3.63) is 37.9 Å². The Hall–Kier alpha value is -1.87. The van der Waals surface area contributed by atoms with E-state index in [9.17, 15) is 14.4 Å². The molecule has 7 nitrogen and oxygen atoms in total. The van der Waals surface area contributed by atoms with Crippen molar-refractivity contribution >= 4 is 55.5 Å². The number of rotatable bonds is 3. The smallest absolute Gasteiger partial charge is 0.338 e. The number of esters is 1. The summed E-state index contributed by atoms with van der Waals surface area (Å²) in [7, 11) is 0. The minimum absolute atomic E-state index is 0.218. The molecule has 0 spiro atoms. The Morgan fingerprint density at radius 3 is 2.22 bits per heavy atom. The molecule has 0 fully saturated rings. The van der Waals surface area contributed by atoms with Gasteiger partial charge in [-0.1, -0.05) is 0 Å². The van der Waals surface area contributed by atoms with E-state index < -0.39 is 23.6 Å². The highest BCUT2D eigenvalue weighted by Gasteiger charge is 2.34. The maximum atomic E-state index is 12.7. The summed E-state index contributed by atoms with van der Waals surface area (Å²) < 4.78 is 6.72. The van der Waals surface area contributed by atoms with E-state index >= 15 is 0 Å². The highest BCUT2D eigenvalue weighted by molar-refractivity contribution is 9.11. The first kappa shape index (κ1) is 21.4. The standard InChI is InChI=1S/C18H21Br2N3O4/c1-8-13(16(25)27-18(3,4)5)14(23-17(26)21-8)10-6-11(19)15(12(20)7-10)22-9(2)24/h6-7,14H,1-5H3,(H,22,24)(H2,21,23,26). The van der Waals surface area contributed by atoms with E-state index in [4.69, 9.17) is 4.74 Å². The van der Waals surface area contributed by atoms with E-state index in [-0.39, 0.29) is 5.91 Å². The van der Waals surface area contributed by atoms with Crippen LogP contribution in [0, 0.1) is 0 Å². The molecule has 1 aliphatic heterocycles. The van der Waals surface area contributed by atoms with Crippen molar-refractivity contribution in [2.75, 3.05) is 5.32 Å². The fourth-order valence-electron chi connectivity index (χ4n) is 2.60. The quantitative estimate of drug-likeness (QED) is 0.541. The summed E-state index contributed by atoms with van der Waals surface area (Å²) >= 11 is 6.85. The molecular weight excluding hydrogens is 482 g/mol. The van der Waals surface area contributed by atoms with Crippen LogP contribution in [0.4, 0.5) is 10.5 Å². The zero-order chi connectivity index (χ0) is 20.5. The second-order valence-corrected chi connectivity index (χ2v) is 8.82. The van der Waals surface area contributed by atoms with Crippen molar-refractivity contribution in [1.29, 1.82) is 0 Å². The van der Waals surface area contributed by atoms with Crippen LogP contribution in [0.25, 0.3) is 0 Å². The van der Waals surface area contributed by atoms with Gasteiger partial charge in [0.1, 0.15) is 5.60 Å². The molecule has 1 aliphatic rings. The summed E-state index contributed by atoms with van der Waals surface area (Å²) in [5.74, 6) is -0.736. The molecule has 0 bridgehead atoms. The van der Waals surface area contributed by atoms with E-state index in [2.05, 4.69) is 47.8 Å². The van der Waals surface area contributed by atoms with Gasteiger partial charge in [0.15, 0.2) is 0 Å². The van der Waals surface area contributed by atoms with Crippen LogP contribution in [0.3, 0.4) is 0 Å². The number of amides is 3. The molecule has 1 aromatic carbocycles. The second-order valence-electron chi connectivity index (χ2n) is 7.11. The number of carbonyl (C=O) groups is 3. The predicted octanol–water partition coefficient (Wildman–Crippen LogP) is 4.14. The van der Waals surface area contributed by atoms with Crippen LogP contribution >= 0.6 is 31.9 Å². The Morgan fingerprint density at radius 2 is 1.74 bits per heavy atom. The maximum absolute atomic E-state index is 12.7. The summed E-state index contributed by atoms with van der Waals surface area (Å²) in [6.07, 6.45) is 0. The summed E-state index contributed by atoms with van der Waals surface area (Å²) in [4.78, 5) is 36.1. The Bertz CT molecular complexity index is 820. The van der Waals surface area contributed by atoms with E-state index in [1.54, 1.807) is 39.8 Å². The van der Waals surface area contributed by atoms with Crippen LogP contribution < -0.4 is 16.0 Å². The Balaban J connectivity index is 2.50. The molecule has 2 rings (SSSR count). The lowest BCUT2D eigenvalue weighted by molar-refractivity contribution is -0.150. The molecular formula is C18H21Br2N3O4. The van der Waals surface area contributed by atoms with Crippen molar-refractivity contribution in [2.45, 2.75) is 46.3 Å². The van der Waals surface area contributed by atoms with Crippen LogP contribution in [-0.2, 0) is 14.3 Å². The largest absolute Gasteiger partial charge is 0.456 e. The first-order valence-electron chi connectivity index (χ1n) is 8.17. The number of allylic oxidation sites excluding steroid dienone is 1. The monoisotopic (exact) mass is 501 g/mol. The first-order valence-corrected chi connectivity index (χ1v) is 9.76. The predicted molar refractivity (Wildman–Crippen MR) is 109 cm³/mol. The van der Waals surface area contributed by atoms with Crippen molar-refractivity contribution in [3.8, 4) is 0 Å². The average Bonchev–Trinajstić information content (AvgIpc) is 2.47. The van der Waals surface area contributed by atoms with Gasteiger partial charge in [0.2, 0.25) is 5.91 Å². The van der Waals surface area contributed by atoms with Crippen LogP contribution in [0.1, 0.15) is 46.2 Å². The summed E-state index contributed by atoms with van der Waals surface area (Å²) in [6, 6.07) is 2.36. The third kappa shape index (κ3) is 5.32. The molecule has 0 saturated carbocycles. The Labute approximate surface area is 174 Å². The van der Waals surface area contributed by atoms with Gasteiger partial charge in [-0.15, -0.1) is 0 Å². The third-order valence-corrected chi connectivity index (χ3v) is 4.84. The van der Waals surface area contributed by atoms with Crippen LogP contribution in [0.5, 0.6) is 0 Å². The van der Waals surface area contributed by atoms with Crippen molar-refractivity contribution in [2.24, 2.45) is 0 Å². The van der Waals surface area contributed by atoms with Crippen LogP contribution in [-0.4, -0.2) is 23.5 Å². The molecule has 1 unspecified atom stereocenters. The molecule has 9 heteroatoms. The molecule has 146 valence electrons. The number of hydrogen-bond acceptors (Lipinski definition) is 4. The molecule has 27 heavy (non-hydrogen) atoms. The molecule has 0 saturated heterocycles. The number of hydrogen-bond donors (Lipinski definition) is 3. The Kier molecular flexibility index (Phi) is 6.36. The molecule has 3 amide bonds. The van der Waals surface area contributed by atoms with Crippen LogP contribution in [0.2, 0.25) is 0 Å². The van der Waals surface area contributed by atoms with Gasteiger partial charge in [-0.3, -0.25) is 4.79 Å². The van der Waals surface area contributed by atoms with Crippen molar-refractivity contribution in [3.63, 3.8) is 0 Å². The summed E-state index contributed by atoms with van der Waals surface area (Å²) in [5, 5.41) is 8.09. The minimum Gasteiger partial charge on any atom is -0.456 e. The maximum Gasteiger partial charge on any atom is 0.338 e. The molecule has 1 atom stereocenters. The average molecular weight is 503 g/mol. The molecule has 1 heterocycles. The Morgan fingerprint density at radius 1 is 1.19 bits per heavy atom. The fraction of sp³-hybridized carbons (Fsp3) is 0.389. The minimum atomic E-state index is -0.701. The van der Waals surface area contributed by atoms with Crippen LogP contribution in [0.15, 0.2) is 32.3 Å². The fourth-order valence-corrected chi connectivity index (χ4v) is 4.02. The number of benzene rings is 1. The number of anilines is 1. The molecule has 1 aromatic rings. The first-order chi connectivity index (χ1) is 12.4. The highest BCUT2D eigenvalue weighted by Crippen LogP contribution is 2.37. The van der Waals surface area contributed by atoms with Gasteiger partial charge in [0.05, 0.1) is 17.3 Å². The summed E-state index contributed by atoms with van der Waals surface area (Å²) in [5.41, 5.74) is 1.28. The molecule has 0 aromatic heterocycles. The topological polar surface area (TPSA) is 96.5 Å². The number of halogens is 2. The van der Waals surface area contributed by atoms with Gasteiger partial charge >= 0.3 is 12.0 Å². The van der Waals surface area contributed by atoms with Crippen molar-refractivity contribution in [1.82, 2.24) is 10.6 Å². The van der Waals surface area contributed by atoms with E-state index in [0.717, 1.165) is 0 Å². The van der Waals surface area contributed by atoms with Gasteiger partial charge in [-0.2, -0.15) is 0 Å². The number of nitrogens with one attached hydrogen (secondary N) is 3. The number of ether oxygens (including phenoxy) is 1. The molecule has 0 radical (unpaired) electrons. The second kappa shape index (κ2) is 8.02.